The predicted molar refractivity (Wildman–Crippen MR) is 88.6 cm³/mol. The van der Waals surface area contributed by atoms with Gasteiger partial charge in [0, 0.05) is 30.8 Å². The predicted octanol–water partition coefficient (Wildman–Crippen LogP) is 3.68. The Balaban J connectivity index is 1.87. The van der Waals surface area contributed by atoms with Gasteiger partial charge in [0.1, 0.15) is 16.2 Å². The van der Waals surface area contributed by atoms with E-state index in [1.54, 1.807) is 0 Å². The number of halogens is 1. The third-order valence-corrected chi connectivity index (χ3v) is 3.59. The van der Waals surface area contributed by atoms with Crippen molar-refractivity contribution >= 4 is 21.7 Å². The Kier molecular flexibility index (Phi) is 5.33. The molecule has 0 saturated heterocycles. The highest BCUT2D eigenvalue weighted by molar-refractivity contribution is 9.10. The molecule has 6 heteroatoms. The van der Waals surface area contributed by atoms with Gasteiger partial charge in [-0.1, -0.05) is 13.8 Å². The van der Waals surface area contributed by atoms with Crippen LogP contribution in [0.2, 0.25) is 0 Å². The van der Waals surface area contributed by atoms with Gasteiger partial charge in [-0.15, -0.1) is 0 Å². The molecule has 0 aliphatic heterocycles. The normalized spacial score (nSPS) is 11.1. The number of aryl methyl sites for hydroxylation is 3. The van der Waals surface area contributed by atoms with Crippen LogP contribution in [0.15, 0.2) is 16.7 Å². The molecule has 2 aromatic heterocycles. The summed E-state index contributed by atoms with van der Waals surface area (Å²) in [6.07, 6.45) is 1.00. The summed E-state index contributed by atoms with van der Waals surface area (Å²) < 4.78 is 2.87. The average Bonchev–Trinajstić information content (AvgIpc) is 2.72. The van der Waals surface area contributed by atoms with Crippen molar-refractivity contribution in [2.45, 2.75) is 46.6 Å². The lowest BCUT2D eigenvalue weighted by Gasteiger charge is -2.10. The van der Waals surface area contributed by atoms with Gasteiger partial charge in [0.25, 0.3) is 0 Å². The van der Waals surface area contributed by atoms with Gasteiger partial charge in [0.15, 0.2) is 0 Å². The van der Waals surface area contributed by atoms with Gasteiger partial charge in [0.2, 0.25) is 0 Å². The molecule has 0 amide bonds. The Morgan fingerprint density at radius 3 is 2.62 bits per heavy atom. The molecule has 1 N–H and O–H groups in total. The van der Waals surface area contributed by atoms with Gasteiger partial charge < -0.3 is 5.32 Å². The van der Waals surface area contributed by atoms with E-state index in [0.717, 1.165) is 41.4 Å². The Labute approximate surface area is 134 Å². The molecule has 0 spiro atoms. The highest BCUT2D eigenvalue weighted by Gasteiger charge is 2.06. The van der Waals surface area contributed by atoms with Crippen molar-refractivity contribution in [2.24, 2.45) is 0 Å². The Morgan fingerprint density at radius 2 is 2.00 bits per heavy atom. The molecule has 0 aliphatic carbocycles. The van der Waals surface area contributed by atoms with E-state index >= 15 is 0 Å². The standard InChI is InChI=1S/C15H22BrN5/c1-10(2)15-18-13(16)9-14(19-15)17-6-5-7-21-12(4)8-11(3)20-21/h8-10H,5-7H2,1-4H3,(H,17,18,19). The van der Waals surface area contributed by atoms with E-state index in [-0.39, 0.29) is 0 Å². The second kappa shape index (κ2) is 7.02. The fourth-order valence-corrected chi connectivity index (χ4v) is 2.53. The summed E-state index contributed by atoms with van der Waals surface area (Å²) in [7, 11) is 0. The molecule has 5 nitrogen and oxygen atoms in total. The van der Waals surface area contributed by atoms with Crippen LogP contribution in [0, 0.1) is 13.8 Å². The molecule has 21 heavy (non-hydrogen) atoms. The van der Waals surface area contributed by atoms with Gasteiger partial charge in [-0.05, 0) is 42.3 Å². The smallest absolute Gasteiger partial charge is 0.134 e. The first kappa shape index (κ1) is 15.9. The monoisotopic (exact) mass is 351 g/mol. The Morgan fingerprint density at radius 1 is 1.24 bits per heavy atom. The van der Waals surface area contributed by atoms with Crippen molar-refractivity contribution in [3.63, 3.8) is 0 Å². The second-order valence-corrected chi connectivity index (χ2v) is 6.33. The van der Waals surface area contributed by atoms with Crippen LogP contribution in [0.25, 0.3) is 0 Å². The van der Waals surface area contributed by atoms with Crippen LogP contribution in [0.3, 0.4) is 0 Å². The van der Waals surface area contributed by atoms with Crippen LogP contribution < -0.4 is 5.32 Å². The summed E-state index contributed by atoms with van der Waals surface area (Å²) in [5, 5.41) is 7.82. The number of aromatic nitrogens is 4. The lowest BCUT2D eigenvalue weighted by Crippen LogP contribution is -2.11. The number of nitrogens with zero attached hydrogens (tertiary/aromatic N) is 4. The number of nitrogens with one attached hydrogen (secondary N) is 1. The van der Waals surface area contributed by atoms with Crippen molar-refractivity contribution in [1.29, 1.82) is 0 Å². The minimum atomic E-state index is 0.317. The van der Waals surface area contributed by atoms with Crippen LogP contribution in [0.1, 0.15) is 43.4 Å². The molecule has 2 rings (SSSR count). The highest BCUT2D eigenvalue weighted by Crippen LogP contribution is 2.17. The Bertz CT molecular complexity index is 606. The molecule has 2 aromatic rings. The zero-order valence-corrected chi connectivity index (χ0v) is 14.6. The van der Waals surface area contributed by atoms with Crippen molar-refractivity contribution in [1.82, 2.24) is 19.7 Å². The zero-order valence-electron chi connectivity index (χ0n) is 13.0. The molecule has 0 unspecified atom stereocenters. The fraction of sp³-hybridized carbons (Fsp3) is 0.533. The van der Waals surface area contributed by atoms with E-state index in [0.29, 0.717) is 5.92 Å². The molecule has 0 radical (unpaired) electrons. The molecule has 0 atom stereocenters. The SMILES string of the molecule is Cc1cc(C)n(CCCNc2cc(Br)nc(C(C)C)n2)n1. The van der Waals surface area contributed by atoms with Crippen molar-refractivity contribution in [3.05, 3.63) is 33.9 Å². The lowest BCUT2D eigenvalue weighted by atomic mass is 10.2. The second-order valence-electron chi connectivity index (χ2n) is 5.52. The van der Waals surface area contributed by atoms with Crippen LogP contribution in [-0.4, -0.2) is 26.3 Å². The van der Waals surface area contributed by atoms with Crippen molar-refractivity contribution in [3.8, 4) is 0 Å². The van der Waals surface area contributed by atoms with Gasteiger partial charge in [0.05, 0.1) is 5.69 Å². The molecule has 0 aliphatic rings. The molecule has 0 aromatic carbocycles. The van der Waals surface area contributed by atoms with Gasteiger partial charge in [-0.25, -0.2) is 9.97 Å². The van der Waals surface area contributed by atoms with Gasteiger partial charge >= 0.3 is 0 Å². The molecule has 2 heterocycles. The molecule has 0 fully saturated rings. The minimum Gasteiger partial charge on any atom is -0.370 e. The molecule has 114 valence electrons. The van der Waals surface area contributed by atoms with Gasteiger partial charge in [-0.3, -0.25) is 4.68 Å². The molecular weight excluding hydrogens is 330 g/mol. The average molecular weight is 352 g/mol. The summed E-state index contributed by atoms with van der Waals surface area (Å²) in [6, 6.07) is 4.01. The van der Waals surface area contributed by atoms with Crippen LogP contribution >= 0.6 is 15.9 Å². The first-order chi connectivity index (χ1) is 9.95. The fourth-order valence-electron chi connectivity index (χ4n) is 2.13. The first-order valence-corrected chi connectivity index (χ1v) is 8.04. The maximum absolute atomic E-state index is 4.52. The third-order valence-electron chi connectivity index (χ3n) is 3.18. The van der Waals surface area contributed by atoms with E-state index in [9.17, 15) is 0 Å². The minimum absolute atomic E-state index is 0.317. The maximum Gasteiger partial charge on any atom is 0.134 e. The van der Waals surface area contributed by atoms with Crippen LogP contribution in [0.5, 0.6) is 0 Å². The zero-order chi connectivity index (χ0) is 15.4. The quantitative estimate of drug-likeness (QED) is 0.637. The summed E-state index contributed by atoms with van der Waals surface area (Å²) in [6.45, 7) is 10.1. The van der Waals surface area contributed by atoms with Crippen molar-refractivity contribution in [2.75, 3.05) is 11.9 Å². The topological polar surface area (TPSA) is 55.6 Å². The van der Waals surface area contributed by atoms with Crippen LogP contribution in [-0.2, 0) is 6.54 Å². The van der Waals surface area contributed by atoms with E-state index in [2.05, 4.69) is 63.2 Å². The number of rotatable bonds is 6. The summed E-state index contributed by atoms with van der Waals surface area (Å²) in [4.78, 5) is 8.90. The highest BCUT2D eigenvalue weighted by atomic mass is 79.9. The lowest BCUT2D eigenvalue weighted by molar-refractivity contribution is 0.573. The van der Waals surface area contributed by atoms with E-state index < -0.39 is 0 Å². The Hall–Kier alpha value is -1.43. The van der Waals surface area contributed by atoms with E-state index in [1.807, 2.05) is 17.7 Å². The summed E-state index contributed by atoms with van der Waals surface area (Å²) in [5.41, 5.74) is 2.28. The number of hydrogen-bond donors (Lipinski definition) is 1. The number of hydrogen-bond acceptors (Lipinski definition) is 4. The van der Waals surface area contributed by atoms with E-state index in [1.165, 1.54) is 5.69 Å². The molecule has 0 saturated carbocycles. The molecule has 0 bridgehead atoms. The molecular formula is C15H22BrN5. The van der Waals surface area contributed by atoms with Gasteiger partial charge in [-0.2, -0.15) is 5.10 Å². The number of anilines is 1. The first-order valence-electron chi connectivity index (χ1n) is 7.25. The third kappa shape index (κ3) is 4.52. The van der Waals surface area contributed by atoms with Crippen molar-refractivity contribution < 1.29 is 0 Å². The largest absolute Gasteiger partial charge is 0.370 e. The summed E-state index contributed by atoms with van der Waals surface area (Å²) in [5.74, 6) is 2.04. The maximum atomic E-state index is 4.52. The van der Waals surface area contributed by atoms with E-state index in [4.69, 9.17) is 0 Å². The summed E-state index contributed by atoms with van der Waals surface area (Å²) >= 11 is 3.43. The van der Waals surface area contributed by atoms with Crippen LogP contribution in [0.4, 0.5) is 5.82 Å².